The van der Waals surface area contributed by atoms with E-state index in [2.05, 4.69) is 30.3 Å². The first-order valence-corrected chi connectivity index (χ1v) is 11.0. The Morgan fingerprint density at radius 1 is 1.03 bits per heavy atom. The SMILES string of the molecule is COc1ccc(S(=O)(=O)NCCNc2cc(Nc3cc(C)ccn3)ncn2)cc1C(N)=O. The number of carbonyl (C=O) groups is 1. The summed E-state index contributed by atoms with van der Waals surface area (Å²) in [6.45, 7) is 2.30. The van der Waals surface area contributed by atoms with Gasteiger partial charge < -0.3 is 21.1 Å². The van der Waals surface area contributed by atoms with Crippen molar-refractivity contribution in [2.24, 2.45) is 5.73 Å². The summed E-state index contributed by atoms with van der Waals surface area (Å²) in [7, 11) is -2.49. The van der Waals surface area contributed by atoms with Gasteiger partial charge in [-0.2, -0.15) is 0 Å². The fraction of sp³-hybridized carbons (Fsp3) is 0.200. The van der Waals surface area contributed by atoms with Crippen molar-refractivity contribution in [3.63, 3.8) is 0 Å². The largest absolute Gasteiger partial charge is 0.496 e. The molecule has 0 atom stereocenters. The number of ether oxygens (including phenoxy) is 1. The van der Waals surface area contributed by atoms with Crippen LogP contribution in [0, 0.1) is 6.92 Å². The number of rotatable bonds is 10. The van der Waals surface area contributed by atoms with E-state index < -0.39 is 15.9 Å². The molecule has 1 amide bonds. The van der Waals surface area contributed by atoms with E-state index in [1.165, 1.54) is 31.6 Å². The second kappa shape index (κ2) is 10.0. The van der Waals surface area contributed by atoms with Crippen molar-refractivity contribution < 1.29 is 17.9 Å². The van der Waals surface area contributed by atoms with E-state index in [9.17, 15) is 13.2 Å². The van der Waals surface area contributed by atoms with Gasteiger partial charge in [0.25, 0.3) is 5.91 Å². The first kappa shape index (κ1) is 22.9. The average molecular weight is 458 g/mol. The van der Waals surface area contributed by atoms with E-state index >= 15 is 0 Å². The Kier molecular flexibility index (Phi) is 7.18. The number of aromatic nitrogens is 3. The van der Waals surface area contributed by atoms with Gasteiger partial charge in [0.05, 0.1) is 17.6 Å². The lowest BCUT2D eigenvalue weighted by Gasteiger charge is -2.11. The normalized spacial score (nSPS) is 11.1. The quantitative estimate of drug-likeness (QED) is 0.330. The van der Waals surface area contributed by atoms with Gasteiger partial charge in [-0.25, -0.2) is 28.1 Å². The van der Waals surface area contributed by atoms with Gasteiger partial charge in [-0.1, -0.05) is 0 Å². The van der Waals surface area contributed by atoms with Crippen molar-refractivity contribution in [1.29, 1.82) is 0 Å². The molecule has 0 saturated heterocycles. The van der Waals surface area contributed by atoms with Gasteiger partial charge in [0.1, 0.15) is 29.5 Å². The number of pyridine rings is 1. The van der Waals surface area contributed by atoms with Gasteiger partial charge in [-0.05, 0) is 42.8 Å². The molecule has 11 nitrogen and oxygen atoms in total. The molecule has 0 aliphatic rings. The van der Waals surface area contributed by atoms with Crippen LogP contribution in [0.3, 0.4) is 0 Å². The Hall–Kier alpha value is -3.77. The van der Waals surface area contributed by atoms with Crippen molar-refractivity contribution in [2.75, 3.05) is 30.8 Å². The number of sulfonamides is 1. The van der Waals surface area contributed by atoms with E-state index in [0.717, 1.165) is 5.56 Å². The molecule has 3 rings (SSSR count). The van der Waals surface area contributed by atoms with Crippen molar-refractivity contribution >= 4 is 33.4 Å². The summed E-state index contributed by atoms with van der Waals surface area (Å²) in [5.74, 6) is 1.12. The fourth-order valence-electron chi connectivity index (χ4n) is 2.76. The minimum atomic E-state index is -3.86. The minimum Gasteiger partial charge on any atom is -0.496 e. The third-order valence-corrected chi connectivity index (χ3v) is 5.77. The Bertz CT molecular complexity index is 1220. The molecule has 5 N–H and O–H groups in total. The number of carbonyl (C=O) groups excluding carboxylic acids is 1. The van der Waals surface area contributed by atoms with Crippen molar-refractivity contribution in [3.05, 3.63) is 60.0 Å². The maximum absolute atomic E-state index is 12.5. The maximum atomic E-state index is 12.5. The highest BCUT2D eigenvalue weighted by Crippen LogP contribution is 2.22. The van der Waals surface area contributed by atoms with E-state index in [1.54, 1.807) is 12.3 Å². The number of methoxy groups -OCH3 is 1. The third kappa shape index (κ3) is 5.89. The number of amides is 1. The predicted molar refractivity (Wildman–Crippen MR) is 119 cm³/mol. The first-order chi connectivity index (χ1) is 15.3. The number of benzene rings is 1. The molecule has 2 aromatic heterocycles. The second-order valence-electron chi connectivity index (χ2n) is 6.68. The third-order valence-electron chi connectivity index (χ3n) is 4.31. The number of nitrogens with one attached hydrogen (secondary N) is 3. The lowest BCUT2D eigenvalue weighted by molar-refractivity contribution is 0.0997. The molecule has 0 spiro atoms. The number of hydrogen-bond acceptors (Lipinski definition) is 9. The van der Waals surface area contributed by atoms with Crippen LogP contribution in [0.5, 0.6) is 5.75 Å². The molecule has 0 bridgehead atoms. The summed E-state index contributed by atoms with van der Waals surface area (Å²) in [5.41, 5.74) is 6.33. The van der Waals surface area contributed by atoms with Crippen LogP contribution in [-0.4, -0.2) is 49.5 Å². The van der Waals surface area contributed by atoms with E-state index in [1.807, 2.05) is 19.1 Å². The Morgan fingerprint density at radius 3 is 2.50 bits per heavy atom. The van der Waals surface area contributed by atoms with Crippen LogP contribution in [0.25, 0.3) is 0 Å². The number of nitrogens with two attached hydrogens (primary N) is 1. The molecule has 0 aliphatic heterocycles. The van der Waals surface area contributed by atoms with Crippen molar-refractivity contribution in [1.82, 2.24) is 19.7 Å². The molecular formula is C20H23N7O4S. The molecule has 0 fully saturated rings. The highest BCUT2D eigenvalue weighted by Gasteiger charge is 2.18. The highest BCUT2D eigenvalue weighted by atomic mass is 32.2. The Morgan fingerprint density at radius 2 is 1.78 bits per heavy atom. The van der Waals surface area contributed by atoms with Crippen LogP contribution < -0.4 is 25.8 Å². The Balaban J connectivity index is 1.58. The molecule has 0 aliphatic carbocycles. The van der Waals surface area contributed by atoms with Gasteiger partial charge in [0.2, 0.25) is 10.0 Å². The summed E-state index contributed by atoms with van der Waals surface area (Å²) in [5, 5.41) is 6.10. The molecule has 0 radical (unpaired) electrons. The van der Waals surface area contributed by atoms with Crippen LogP contribution in [0.15, 0.2) is 53.8 Å². The van der Waals surface area contributed by atoms with Crippen LogP contribution >= 0.6 is 0 Å². The van der Waals surface area contributed by atoms with Crippen LogP contribution in [0.2, 0.25) is 0 Å². The summed E-state index contributed by atoms with van der Waals surface area (Å²) < 4.78 is 32.5. The fourth-order valence-corrected chi connectivity index (χ4v) is 3.82. The van der Waals surface area contributed by atoms with Crippen molar-refractivity contribution in [3.8, 4) is 5.75 Å². The number of nitrogens with zero attached hydrogens (tertiary/aromatic N) is 3. The van der Waals surface area contributed by atoms with Gasteiger partial charge in [0, 0.05) is 25.4 Å². The molecule has 0 unspecified atom stereocenters. The van der Waals surface area contributed by atoms with E-state index in [4.69, 9.17) is 10.5 Å². The summed E-state index contributed by atoms with van der Waals surface area (Å²) in [6.07, 6.45) is 3.08. The minimum absolute atomic E-state index is 0.0161. The number of hydrogen-bond donors (Lipinski definition) is 4. The highest BCUT2D eigenvalue weighted by molar-refractivity contribution is 7.89. The molecular weight excluding hydrogens is 434 g/mol. The zero-order chi connectivity index (χ0) is 23.1. The van der Waals surface area contributed by atoms with Crippen LogP contribution in [-0.2, 0) is 10.0 Å². The van der Waals surface area contributed by atoms with E-state index in [-0.39, 0.29) is 29.3 Å². The summed E-state index contributed by atoms with van der Waals surface area (Å²) in [6, 6.07) is 9.35. The van der Waals surface area contributed by atoms with E-state index in [0.29, 0.717) is 17.5 Å². The molecule has 168 valence electrons. The average Bonchev–Trinajstić information content (AvgIpc) is 2.76. The molecule has 2 heterocycles. The smallest absolute Gasteiger partial charge is 0.252 e. The van der Waals surface area contributed by atoms with Crippen LogP contribution in [0.4, 0.5) is 17.5 Å². The number of primary amides is 1. The topological polar surface area (TPSA) is 161 Å². The van der Waals surface area contributed by atoms with Gasteiger partial charge >= 0.3 is 0 Å². The predicted octanol–water partition coefficient (Wildman–Crippen LogP) is 1.42. The molecule has 32 heavy (non-hydrogen) atoms. The molecule has 0 saturated carbocycles. The molecule has 3 aromatic rings. The molecule has 1 aromatic carbocycles. The van der Waals surface area contributed by atoms with Crippen LogP contribution in [0.1, 0.15) is 15.9 Å². The zero-order valence-corrected chi connectivity index (χ0v) is 18.3. The zero-order valence-electron chi connectivity index (χ0n) is 17.5. The molecule has 12 heteroatoms. The maximum Gasteiger partial charge on any atom is 0.252 e. The second-order valence-corrected chi connectivity index (χ2v) is 8.45. The van der Waals surface area contributed by atoms with Gasteiger partial charge in [-0.15, -0.1) is 0 Å². The van der Waals surface area contributed by atoms with Gasteiger partial charge in [0.15, 0.2) is 0 Å². The lowest BCUT2D eigenvalue weighted by Crippen LogP contribution is -2.29. The monoisotopic (exact) mass is 457 g/mol. The summed E-state index contributed by atoms with van der Waals surface area (Å²) in [4.78, 5) is 23.9. The van der Waals surface area contributed by atoms with Crippen molar-refractivity contribution in [2.45, 2.75) is 11.8 Å². The Labute approximate surface area is 185 Å². The number of aryl methyl sites for hydroxylation is 1. The standard InChI is InChI=1S/C20H23N7O4S/c1-13-5-6-22-18(9-13)27-19-11-17(24-12-25-19)23-7-8-26-32(29,30)14-3-4-16(31-2)15(10-14)20(21)28/h3-6,9-12,26H,7-8H2,1-2H3,(H2,21,28)(H2,22,23,24,25,27). The number of anilines is 3. The lowest BCUT2D eigenvalue weighted by atomic mass is 10.2. The first-order valence-electron chi connectivity index (χ1n) is 9.51. The summed E-state index contributed by atoms with van der Waals surface area (Å²) >= 11 is 0. The van der Waals surface area contributed by atoms with Gasteiger partial charge in [-0.3, -0.25) is 4.79 Å².